The molecule has 0 fully saturated rings. The molecule has 31 heavy (non-hydrogen) atoms. The minimum atomic E-state index is -1.12. The summed E-state index contributed by atoms with van der Waals surface area (Å²) in [5.41, 5.74) is 17.3. The van der Waals surface area contributed by atoms with Gasteiger partial charge in [0.1, 0.15) is 12.1 Å². The Labute approximate surface area is 182 Å². The van der Waals surface area contributed by atoms with Crippen LogP contribution in [0.1, 0.15) is 38.7 Å². The zero-order chi connectivity index (χ0) is 23.4. The van der Waals surface area contributed by atoms with Gasteiger partial charge in [-0.2, -0.15) is 0 Å². The van der Waals surface area contributed by atoms with Crippen LogP contribution < -0.4 is 27.8 Å². The Morgan fingerprint density at radius 3 is 2.29 bits per heavy atom. The molecule has 172 valence electrons. The van der Waals surface area contributed by atoms with E-state index in [9.17, 15) is 19.5 Å². The fraction of sp³-hybridized carbons (Fsp3) is 0.524. The molecule has 1 aromatic rings. The molecule has 1 rings (SSSR count). The highest BCUT2D eigenvalue weighted by molar-refractivity contribution is 5.92. The minimum absolute atomic E-state index is 0.0353. The summed E-state index contributed by atoms with van der Waals surface area (Å²) in [6, 6.07) is 6.25. The number of aliphatic imine (C=N–C) groups is 1. The maximum Gasteiger partial charge on any atom is 0.326 e. The lowest BCUT2D eigenvalue weighted by atomic mass is 9.98. The Hall–Kier alpha value is -3.14. The fourth-order valence-corrected chi connectivity index (χ4v) is 2.93. The van der Waals surface area contributed by atoms with Crippen LogP contribution in [-0.4, -0.2) is 53.5 Å². The van der Waals surface area contributed by atoms with Crippen LogP contribution in [0.5, 0.6) is 0 Å². The number of benzene rings is 1. The monoisotopic (exact) mass is 434 g/mol. The molecule has 10 heteroatoms. The van der Waals surface area contributed by atoms with Crippen LogP contribution in [-0.2, 0) is 20.8 Å². The maximum atomic E-state index is 12.9. The van der Waals surface area contributed by atoms with E-state index in [0.717, 1.165) is 5.56 Å². The Kier molecular flexibility index (Phi) is 11.0. The summed E-state index contributed by atoms with van der Waals surface area (Å²) >= 11 is 0. The van der Waals surface area contributed by atoms with E-state index in [4.69, 9.17) is 17.2 Å². The number of amides is 2. The smallest absolute Gasteiger partial charge is 0.326 e. The summed E-state index contributed by atoms with van der Waals surface area (Å²) in [5, 5.41) is 14.7. The highest BCUT2D eigenvalue weighted by Gasteiger charge is 2.30. The van der Waals surface area contributed by atoms with E-state index in [1.54, 1.807) is 6.92 Å². The molecule has 0 radical (unpaired) electrons. The van der Waals surface area contributed by atoms with Crippen molar-refractivity contribution in [2.75, 3.05) is 6.54 Å². The van der Waals surface area contributed by atoms with Crippen LogP contribution in [0.3, 0.4) is 0 Å². The van der Waals surface area contributed by atoms with E-state index < -0.39 is 35.9 Å². The number of nitrogens with two attached hydrogens (primary N) is 3. The molecule has 9 N–H and O–H groups in total. The normalized spacial score (nSPS) is 14.5. The van der Waals surface area contributed by atoms with Gasteiger partial charge in [0.2, 0.25) is 11.8 Å². The van der Waals surface area contributed by atoms with Crippen molar-refractivity contribution in [2.45, 2.75) is 57.7 Å². The number of hydrogen-bond acceptors (Lipinski definition) is 5. The van der Waals surface area contributed by atoms with Crippen molar-refractivity contribution in [1.29, 1.82) is 0 Å². The molecule has 4 atom stereocenters. The Bertz CT molecular complexity index is 751. The highest BCUT2D eigenvalue weighted by Crippen LogP contribution is 2.10. The van der Waals surface area contributed by atoms with E-state index in [-0.39, 0.29) is 18.3 Å². The van der Waals surface area contributed by atoms with Crippen molar-refractivity contribution < 1.29 is 19.5 Å². The van der Waals surface area contributed by atoms with Crippen LogP contribution in [0.25, 0.3) is 0 Å². The van der Waals surface area contributed by atoms with Gasteiger partial charge in [0.25, 0.3) is 0 Å². The lowest BCUT2D eigenvalue weighted by Gasteiger charge is -2.25. The molecule has 0 bridgehead atoms. The van der Waals surface area contributed by atoms with E-state index >= 15 is 0 Å². The van der Waals surface area contributed by atoms with Gasteiger partial charge >= 0.3 is 5.97 Å². The Morgan fingerprint density at radius 1 is 1.10 bits per heavy atom. The van der Waals surface area contributed by atoms with Gasteiger partial charge in [-0.3, -0.25) is 14.6 Å². The summed E-state index contributed by atoms with van der Waals surface area (Å²) < 4.78 is 0. The van der Waals surface area contributed by atoms with Gasteiger partial charge in [-0.25, -0.2) is 4.79 Å². The lowest BCUT2D eigenvalue weighted by Crippen LogP contribution is -2.56. The molecule has 0 saturated carbocycles. The predicted octanol–water partition coefficient (Wildman–Crippen LogP) is -0.290. The molecule has 0 spiro atoms. The number of carbonyl (C=O) groups is 3. The largest absolute Gasteiger partial charge is 0.480 e. The Balaban J connectivity index is 2.88. The van der Waals surface area contributed by atoms with Crippen molar-refractivity contribution in [3.8, 4) is 0 Å². The summed E-state index contributed by atoms with van der Waals surface area (Å²) in [7, 11) is 0. The molecular weight excluding hydrogens is 400 g/mol. The number of carboxylic acids is 1. The molecule has 0 aliphatic heterocycles. The molecule has 10 nitrogen and oxygen atoms in total. The van der Waals surface area contributed by atoms with Crippen LogP contribution >= 0.6 is 0 Å². The topological polar surface area (TPSA) is 186 Å². The van der Waals surface area contributed by atoms with Gasteiger partial charge in [-0.1, -0.05) is 50.6 Å². The second-order valence-corrected chi connectivity index (χ2v) is 7.52. The average Bonchev–Trinajstić information content (AvgIpc) is 2.73. The first kappa shape index (κ1) is 25.9. The Morgan fingerprint density at radius 2 is 1.74 bits per heavy atom. The van der Waals surface area contributed by atoms with E-state index in [1.807, 2.05) is 37.3 Å². The second-order valence-electron chi connectivity index (χ2n) is 7.52. The van der Waals surface area contributed by atoms with Crippen molar-refractivity contribution in [3.05, 3.63) is 35.9 Å². The van der Waals surface area contributed by atoms with Gasteiger partial charge in [-0.15, -0.1) is 0 Å². The van der Waals surface area contributed by atoms with E-state index in [1.165, 1.54) is 0 Å². The number of nitrogens with one attached hydrogen (secondary N) is 2. The summed E-state index contributed by atoms with van der Waals surface area (Å²) in [6.45, 7) is 3.93. The van der Waals surface area contributed by atoms with Gasteiger partial charge in [0.05, 0.1) is 6.04 Å². The second kappa shape index (κ2) is 13.2. The third-order valence-corrected chi connectivity index (χ3v) is 5.00. The number of carbonyl (C=O) groups excluding carboxylic acids is 2. The third kappa shape index (κ3) is 9.47. The number of rotatable bonds is 13. The number of hydrogen-bond donors (Lipinski definition) is 6. The molecule has 0 unspecified atom stereocenters. The first-order chi connectivity index (χ1) is 14.6. The van der Waals surface area contributed by atoms with Crippen molar-refractivity contribution in [1.82, 2.24) is 10.6 Å². The SMILES string of the molecule is CC[C@H](C)[C@H](NC(=O)[C@H](Cc1ccccc1)NC(=O)[C@@H](N)CCCN=C(N)N)C(=O)O. The molecule has 0 saturated heterocycles. The molecule has 0 aliphatic carbocycles. The highest BCUT2D eigenvalue weighted by atomic mass is 16.4. The first-order valence-electron chi connectivity index (χ1n) is 10.3. The van der Waals surface area contributed by atoms with Crippen molar-refractivity contribution in [2.24, 2.45) is 28.1 Å². The van der Waals surface area contributed by atoms with Gasteiger partial charge in [0, 0.05) is 13.0 Å². The summed E-state index contributed by atoms with van der Waals surface area (Å²) in [5.74, 6) is -2.50. The molecule has 1 aromatic carbocycles. The maximum absolute atomic E-state index is 12.9. The number of nitrogens with zero attached hydrogens (tertiary/aromatic N) is 1. The van der Waals surface area contributed by atoms with E-state index in [2.05, 4.69) is 15.6 Å². The van der Waals surface area contributed by atoms with Crippen LogP contribution in [0.4, 0.5) is 0 Å². The number of aliphatic carboxylic acids is 1. The summed E-state index contributed by atoms with van der Waals surface area (Å²) in [4.78, 5) is 40.9. The lowest BCUT2D eigenvalue weighted by molar-refractivity contribution is -0.143. The molecular formula is C21H34N6O4. The third-order valence-electron chi connectivity index (χ3n) is 5.00. The quantitative estimate of drug-likeness (QED) is 0.140. The number of carboxylic acid groups (broad SMARTS) is 1. The first-order valence-corrected chi connectivity index (χ1v) is 10.3. The van der Waals surface area contributed by atoms with Crippen LogP contribution in [0, 0.1) is 5.92 Å². The summed E-state index contributed by atoms with van der Waals surface area (Å²) in [6.07, 6.45) is 1.60. The van der Waals surface area contributed by atoms with Crippen LogP contribution in [0.15, 0.2) is 35.3 Å². The standard InChI is InChI=1S/C21H34N6O4/c1-3-13(2)17(20(30)31)27-19(29)16(12-14-8-5-4-6-9-14)26-18(28)15(22)10-7-11-25-21(23)24/h4-6,8-9,13,15-17H,3,7,10-12,22H2,1-2H3,(H,26,28)(H,27,29)(H,30,31)(H4,23,24,25)/t13-,15-,16-,17-/m0/s1. The minimum Gasteiger partial charge on any atom is -0.480 e. The van der Waals surface area contributed by atoms with Crippen molar-refractivity contribution >= 4 is 23.7 Å². The zero-order valence-electron chi connectivity index (χ0n) is 18.1. The molecule has 0 aromatic heterocycles. The van der Waals surface area contributed by atoms with Gasteiger partial charge < -0.3 is 32.9 Å². The zero-order valence-corrected chi connectivity index (χ0v) is 18.1. The number of guanidine groups is 1. The fourth-order valence-electron chi connectivity index (χ4n) is 2.93. The predicted molar refractivity (Wildman–Crippen MR) is 119 cm³/mol. The van der Waals surface area contributed by atoms with Gasteiger partial charge in [0.15, 0.2) is 5.96 Å². The molecule has 2 amide bonds. The average molecular weight is 435 g/mol. The van der Waals surface area contributed by atoms with Gasteiger partial charge in [-0.05, 0) is 24.3 Å². The molecule has 0 heterocycles. The van der Waals surface area contributed by atoms with E-state index in [0.29, 0.717) is 25.8 Å². The molecule has 0 aliphatic rings. The van der Waals surface area contributed by atoms with Crippen molar-refractivity contribution in [3.63, 3.8) is 0 Å². The van der Waals surface area contributed by atoms with Crippen LogP contribution in [0.2, 0.25) is 0 Å².